The Kier molecular flexibility index (Phi) is 6.01. The summed E-state index contributed by atoms with van der Waals surface area (Å²) in [5.74, 6) is -2.13. The highest BCUT2D eigenvalue weighted by atomic mass is 19.4. The molecule has 0 spiro atoms. The Hall–Kier alpha value is -2.32. The Morgan fingerprint density at radius 2 is 1.89 bits per heavy atom. The predicted molar refractivity (Wildman–Crippen MR) is 89.6 cm³/mol. The van der Waals surface area contributed by atoms with E-state index in [9.17, 15) is 27.2 Å². The Labute approximate surface area is 154 Å². The van der Waals surface area contributed by atoms with Gasteiger partial charge >= 0.3 is 12.3 Å². The van der Waals surface area contributed by atoms with Crippen molar-refractivity contribution in [2.75, 3.05) is 13.1 Å². The fourth-order valence-corrected chi connectivity index (χ4v) is 3.00. The fourth-order valence-electron chi connectivity index (χ4n) is 3.00. The number of halogens is 4. The largest absolute Gasteiger partial charge is 0.444 e. The first kappa shape index (κ1) is 21.0. The molecular formula is C18H22F4N2O3. The SMILES string of the molecule is CC(C)(C)OC(=O)N[C@H]1C[C@@H](c2ccccc2F)CN(CC(F)(F)F)C1=O. The number of ether oxygens (including phenoxy) is 1. The maximum Gasteiger partial charge on any atom is 0.408 e. The molecule has 2 amide bonds. The number of nitrogens with zero attached hydrogens (tertiary/aromatic N) is 1. The summed E-state index contributed by atoms with van der Waals surface area (Å²) in [6, 6.07) is 4.47. The van der Waals surface area contributed by atoms with Crippen LogP contribution in [0.3, 0.4) is 0 Å². The lowest BCUT2D eigenvalue weighted by atomic mass is 9.87. The lowest BCUT2D eigenvalue weighted by Crippen LogP contribution is -2.56. The summed E-state index contributed by atoms with van der Waals surface area (Å²) in [5.41, 5.74) is -0.633. The summed E-state index contributed by atoms with van der Waals surface area (Å²) in [5, 5.41) is 2.32. The van der Waals surface area contributed by atoms with E-state index in [4.69, 9.17) is 4.74 Å². The van der Waals surface area contributed by atoms with Crippen molar-refractivity contribution in [1.29, 1.82) is 0 Å². The van der Waals surface area contributed by atoms with Crippen LogP contribution in [0, 0.1) is 5.82 Å². The minimum absolute atomic E-state index is 0.0205. The highest BCUT2D eigenvalue weighted by Crippen LogP contribution is 2.31. The Balaban J connectivity index is 2.24. The average molecular weight is 390 g/mol. The van der Waals surface area contributed by atoms with Crippen LogP contribution in [-0.4, -0.2) is 47.8 Å². The molecule has 2 rings (SSSR count). The van der Waals surface area contributed by atoms with Gasteiger partial charge in [0.2, 0.25) is 5.91 Å². The van der Waals surface area contributed by atoms with Crippen molar-refractivity contribution in [1.82, 2.24) is 10.2 Å². The van der Waals surface area contributed by atoms with Crippen molar-refractivity contribution in [3.8, 4) is 0 Å². The molecule has 0 aliphatic carbocycles. The molecule has 1 aliphatic heterocycles. The standard InChI is InChI=1S/C18H22F4N2O3/c1-17(2,3)27-16(26)23-14-8-11(12-6-4-5-7-13(12)19)9-24(15(14)25)10-18(20,21)22/h4-7,11,14H,8-10H2,1-3H3,(H,23,26)/t11-,14+/m1/s1. The summed E-state index contributed by atoms with van der Waals surface area (Å²) in [6.45, 7) is 3.10. The first-order chi connectivity index (χ1) is 12.4. The van der Waals surface area contributed by atoms with Crippen LogP contribution >= 0.6 is 0 Å². The molecule has 1 aliphatic rings. The van der Waals surface area contributed by atoms with Crippen LogP contribution in [-0.2, 0) is 9.53 Å². The number of carbonyl (C=O) groups excluding carboxylic acids is 2. The second kappa shape index (κ2) is 7.74. The van der Waals surface area contributed by atoms with E-state index in [1.807, 2.05) is 0 Å². The first-order valence-electron chi connectivity index (χ1n) is 8.45. The van der Waals surface area contributed by atoms with Crippen molar-refractivity contribution >= 4 is 12.0 Å². The maximum absolute atomic E-state index is 14.1. The van der Waals surface area contributed by atoms with Gasteiger partial charge in [-0.15, -0.1) is 0 Å². The van der Waals surface area contributed by atoms with Gasteiger partial charge in [0, 0.05) is 12.5 Å². The predicted octanol–water partition coefficient (Wildman–Crippen LogP) is 3.60. The molecule has 9 heteroatoms. The average Bonchev–Trinajstić information content (AvgIpc) is 2.48. The van der Waals surface area contributed by atoms with E-state index in [0.717, 1.165) is 0 Å². The second-order valence-corrected chi connectivity index (χ2v) is 7.49. The van der Waals surface area contributed by atoms with Crippen LogP contribution in [0.1, 0.15) is 38.7 Å². The maximum atomic E-state index is 14.1. The number of amides is 2. The van der Waals surface area contributed by atoms with Crippen molar-refractivity contribution < 1.29 is 31.9 Å². The zero-order valence-electron chi connectivity index (χ0n) is 15.3. The molecule has 5 nitrogen and oxygen atoms in total. The van der Waals surface area contributed by atoms with Crippen LogP contribution in [0.15, 0.2) is 24.3 Å². The number of carbonyl (C=O) groups is 2. The highest BCUT2D eigenvalue weighted by Gasteiger charge is 2.42. The third-order valence-electron chi connectivity index (χ3n) is 3.98. The van der Waals surface area contributed by atoms with Gasteiger partial charge in [-0.2, -0.15) is 13.2 Å². The molecule has 1 aromatic rings. The van der Waals surface area contributed by atoms with Gasteiger partial charge in [0.25, 0.3) is 0 Å². The number of piperidine rings is 1. The van der Waals surface area contributed by atoms with Crippen molar-refractivity contribution in [2.45, 2.75) is 50.9 Å². The van der Waals surface area contributed by atoms with Crippen LogP contribution < -0.4 is 5.32 Å². The van der Waals surface area contributed by atoms with Gasteiger partial charge in [-0.3, -0.25) is 4.79 Å². The number of likely N-dealkylation sites (tertiary alicyclic amines) is 1. The summed E-state index contributed by atoms with van der Waals surface area (Å²) in [6.07, 6.45) is -5.54. The fraction of sp³-hybridized carbons (Fsp3) is 0.556. The van der Waals surface area contributed by atoms with Gasteiger partial charge in [0.05, 0.1) is 0 Å². The van der Waals surface area contributed by atoms with E-state index in [2.05, 4.69) is 5.32 Å². The van der Waals surface area contributed by atoms with Gasteiger partial charge in [0.1, 0.15) is 24.0 Å². The minimum Gasteiger partial charge on any atom is -0.444 e. The topological polar surface area (TPSA) is 58.6 Å². The summed E-state index contributed by atoms with van der Waals surface area (Å²) < 4.78 is 57.7. The number of hydrogen-bond donors (Lipinski definition) is 1. The lowest BCUT2D eigenvalue weighted by Gasteiger charge is -2.38. The number of nitrogens with one attached hydrogen (secondary N) is 1. The van der Waals surface area contributed by atoms with Crippen LogP contribution in [0.2, 0.25) is 0 Å². The van der Waals surface area contributed by atoms with E-state index in [-0.39, 0.29) is 18.5 Å². The number of alkyl halides is 3. The first-order valence-corrected chi connectivity index (χ1v) is 8.45. The molecule has 0 bridgehead atoms. The smallest absolute Gasteiger partial charge is 0.408 e. The monoisotopic (exact) mass is 390 g/mol. The third-order valence-corrected chi connectivity index (χ3v) is 3.98. The van der Waals surface area contributed by atoms with E-state index in [1.54, 1.807) is 26.8 Å². The van der Waals surface area contributed by atoms with E-state index < -0.39 is 48.1 Å². The molecule has 150 valence electrons. The van der Waals surface area contributed by atoms with Crippen molar-refractivity contribution in [3.63, 3.8) is 0 Å². The number of alkyl carbamates (subject to hydrolysis) is 1. The summed E-state index contributed by atoms with van der Waals surface area (Å²) >= 11 is 0. The van der Waals surface area contributed by atoms with Gasteiger partial charge in [0.15, 0.2) is 0 Å². The molecular weight excluding hydrogens is 368 g/mol. The van der Waals surface area contributed by atoms with Crippen molar-refractivity contribution in [2.24, 2.45) is 0 Å². The normalized spacial score (nSPS) is 21.1. The molecule has 1 aromatic carbocycles. The summed E-state index contributed by atoms with van der Waals surface area (Å²) in [7, 11) is 0. The third kappa shape index (κ3) is 6.11. The number of rotatable bonds is 3. The van der Waals surface area contributed by atoms with E-state index in [0.29, 0.717) is 4.90 Å². The molecule has 0 radical (unpaired) electrons. The van der Waals surface area contributed by atoms with Gasteiger partial charge < -0.3 is 15.0 Å². The van der Waals surface area contributed by atoms with Crippen LogP contribution in [0.25, 0.3) is 0 Å². The molecule has 0 unspecified atom stereocenters. The Morgan fingerprint density at radius 3 is 2.44 bits per heavy atom. The molecule has 27 heavy (non-hydrogen) atoms. The zero-order chi connectivity index (χ0) is 20.4. The zero-order valence-corrected chi connectivity index (χ0v) is 15.3. The minimum atomic E-state index is -4.61. The second-order valence-electron chi connectivity index (χ2n) is 7.49. The molecule has 0 aromatic heterocycles. The van der Waals surface area contributed by atoms with Crippen molar-refractivity contribution in [3.05, 3.63) is 35.6 Å². The molecule has 1 N–H and O–H groups in total. The number of hydrogen-bond acceptors (Lipinski definition) is 3. The lowest BCUT2D eigenvalue weighted by molar-refractivity contribution is -0.165. The molecule has 0 saturated carbocycles. The quantitative estimate of drug-likeness (QED) is 0.803. The Bertz CT molecular complexity index is 701. The molecule has 1 fully saturated rings. The van der Waals surface area contributed by atoms with Gasteiger partial charge in [-0.1, -0.05) is 18.2 Å². The van der Waals surface area contributed by atoms with Gasteiger partial charge in [-0.25, -0.2) is 9.18 Å². The van der Waals surface area contributed by atoms with Crippen LogP contribution in [0.4, 0.5) is 22.4 Å². The molecule has 2 atom stereocenters. The molecule has 1 heterocycles. The summed E-state index contributed by atoms with van der Waals surface area (Å²) in [4.78, 5) is 25.0. The molecule has 1 saturated heterocycles. The number of benzene rings is 1. The van der Waals surface area contributed by atoms with Crippen LogP contribution in [0.5, 0.6) is 0 Å². The van der Waals surface area contributed by atoms with E-state index in [1.165, 1.54) is 18.2 Å². The Morgan fingerprint density at radius 1 is 1.26 bits per heavy atom. The van der Waals surface area contributed by atoms with Gasteiger partial charge in [-0.05, 0) is 38.8 Å². The van der Waals surface area contributed by atoms with E-state index >= 15 is 0 Å². The highest BCUT2D eigenvalue weighted by molar-refractivity contribution is 5.86.